The lowest BCUT2D eigenvalue weighted by Crippen LogP contribution is -2.43. The summed E-state index contributed by atoms with van der Waals surface area (Å²) in [6.45, 7) is 2.66. The SMILES string of the molecule is C[C@@H]1C[C@H](NC(=S)NCc2ccc3c(c2)OCO3)C(=O)O1. The third-order valence-electron chi connectivity index (χ3n) is 3.36. The summed E-state index contributed by atoms with van der Waals surface area (Å²) < 4.78 is 15.6. The first-order valence-corrected chi connectivity index (χ1v) is 7.16. The Labute approximate surface area is 127 Å². The highest BCUT2D eigenvalue weighted by Gasteiger charge is 2.32. The van der Waals surface area contributed by atoms with Crippen molar-refractivity contribution in [2.75, 3.05) is 6.79 Å². The van der Waals surface area contributed by atoms with Crippen molar-refractivity contribution in [2.45, 2.75) is 32.0 Å². The van der Waals surface area contributed by atoms with Gasteiger partial charge in [0.2, 0.25) is 6.79 Å². The number of esters is 1. The minimum Gasteiger partial charge on any atom is -0.461 e. The molecule has 2 heterocycles. The largest absolute Gasteiger partial charge is 0.461 e. The normalized spacial score (nSPS) is 22.8. The van der Waals surface area contributed by atoms with Crippen LogP contribution in [0.15, 0.2) is 18.2 Å². The lowest BCUT2D eigenvalue weighted by atomic mass is 10.2. The first-order valence-electron chi connectivity index (χ1n) is 6.75. The monoisotopic (exact) mass is 308 g/mol. The molecule has 0 spiro atoms. The first-order chi connectivity index (χ1) is 10.1. The number of ether oxygens (including phenoxy) is 3. The molecule has 2 aliphatic rings. The highest BCUT2D eigenvalue weighted by atomic mass is 32.1. The summed E-state index contributed by atoms with van der Waals surface area (Å²) in [5, 5.41) is 6.47. The summed E-state index contributed by atoms with van der Waals surface area (Å²) in [5.74, 6) is 1.23. The van der Waals surface area contributed by atoms with Crippen LogP contribution in [0.2, 0.25) is 0 Å². The van der Waals surface area contributed by atoms with Crippen LogP contribution in [0.5, 0.6) is 11.5 Å². The number of carbonyl (C=O) groups is 1. The van der Waals surface area contributed by atoms with E-state index in [-0.39, 0.29) is 24.9 Å². The van der Waals surface area contributed by atoms with Crippen LogP contribution in [0.25, 0.3) is 0 Å². The second kappa shape index (κ2) is 5.77. The van der Waals surface area contributed by atoms with E-state index in [2.05, 4.69) is 10.6 Å². The molecule has 6 nitrogen and oxygen atoms in total. The van der Waals surface area contributed by atoms with Crippen LogP contribution >= 0.6 is 12.2 Å². The molecule has 112 valence electrons. The smallest absolute Gasteiger partial charge is 0.329 e. The Kier molecular flexibility index (Phi) is 3.83. The Hall–Kier alpha value is -2.02. The van der Waals surface area contributed by atoms with Crippen molar-refractivity contribution in [3.05, 3.63) is 23.8 Å². The molecule has 2 N–H and O–H groups in total. The Balaban J connectivity index is 1.51. The molecule has 1 saturated heterocycles. The van der Waals surface area contributed by atoms with Gasteiger partial charge in [0.05, 0.1) is 0 Å². The average molecular weight is 308 g/mol. The number of nitrogens with one attached hydrogen (secondary N) is 2. The van der Waals surface area contributed by atoms with E-state index in [1.165, 1.54) is 0 Å². The van der Waals surface area contributed by atoms with E-state index < -0.39 is 0 Å². The van der Waals surface area contributed by atoms with Crippen LogP contribution in [-0.2, 0) is 16.1 Å². The van der Waals surface area contributed by atoms with Crippen molar-refractivity contribution in [2.24, 2.45) is 0 Å². The second-order valence-electron chi connectivity index (χ2n) is 5.05. The van der Waals surface area contributed by atoms with Crippen molar-refractivity contribution >= 4 is 23.3 Å². The molecular formula is C14H16N2O4S. The van der Waals surface area contributed by atoms with Crippen LogP contribution in [0, 0.1) is 0 Å². The van der Waals surface area contributed by atoms with Crippen molar-refractivity contribution in [3.8, 4) is 11.5 Å². The third kappa shape index (κ3) is 3.18. The first kappa shape index (κ1) is 13.9. The fourth-order valence-corrected chi connectivity index (χ4v) is 2.53. The molecule has 1 aromatic rings. The van der Waals surface area contributed by atoms with Gasteiger partial charge in [0, 0.05) is 13.0 Å². The van der Waals surface area contributed by atoms with E-state index in [9.17, 15) is 4.79 Å². The predicted octanol–water partition coefficient (Wildman–Crippen LogP) is 1.08. The molecule has 2 aliphatic heterocycles. The van der Waals surface area contributed by atoms with Gasteiger partial charge < -0.3 is 24.8 Å². The molecule has 1 fully saturated rings. The van der Waals surface area contributed by atoms with Gasteiger partial charge in [0.25, 0.3) is 0 Å². The van der Waals surface area contributed by atoms with Crippen molar-refractivity contribution in [1.29, 1.82) is 0 Å². The molecule has 0 unspecified atom stereocenters. The molecule has 2 atom stereocenters. The minimum absolute atomic E-state index is 0.0633. The topological polar surface area (TPSA) is 68.8 Å². The fourth-order valence-electron chi connectivity index (χ4n) is 2.32. The number of rotatable bonds is 3. The lowest BCUT2D eigenvalue weighted by Gasteiger charge is -2.13. The Morgan fingerprint density at radius 3 is 2.95 bits per heavy atom. The van der Waals surface area contributed by atoms with E-state index in [0.717, 1.165) is 17.1 Å². The zero-order valence-electron chi connectivity index (χ0n) is 11.5. The van der Waals surface area contributed by atoms with Crippen molar-refractivity contribution in [1.82, 2.24) is 10.6 Å². The number of hydrogen-bond acceptors (Lipinski definition) is 5. The summed E-state index contributed by atoms with van der Waals surface area (Å²) in [6.07, 6.45) is 0.566. The maximum absolute atomic E-state index is 11.5. The second-order valence-corrected chi connectivity index (χ2v) is 5.46. The summed E-state index contributed by atoms with van der Waals surface area (Å²) >= 11 is 5.19. The summed E-state index contributed by atoms with van der Waals surface area (Å²) in [4.78, 5) is 11.5. The Morgan fingerprint density at radius 1 is 1.38 bits per heavy atom. The summed E-state index contributed by atoms with van der Waals surface area (Å²) in [6, 6.07) is 5.35. The maximum atomic E-state index is 11.5. The minimum atomic E-state index is -0.364. The van der Waals surface area contributed by atoms with Gasteiger partial charge in [-0.25, -0.2) is 4.79 Å². The molecule has 0 amide bonds. The zero-order valence-corrected chi connectivity index (χ0v) is 12.4. The van der Waals surface area contributed by atoms with E-state index in [0.29, 0.717) is 18.1 Å². The number of hydrogen-bond donors (Lipinski definition) is 2. The predicted molar refractivity (Wildman–Crippen MR) is 79.1 cm³/mol. The molecule has 0 radical (unpaired) electrons. The maximum Gasteiger partial charge on any atom is 0.329 e. The highest BCUT2D eigenvalue weighted by molar-refractivity contribution is 7.80. The zero-order chi connectivity index (χ0) is 14.8. The molecule has 3 rings (SSSR count). The molecule has 21 heavy (non-hydrogen) atoms. The van der Waals surface area contributed by atoms with E-state index in [1.54, 1.807) is 0 Å². The van der Waals surface area contributed by atoms with Crippen LogP contribution < -0.4 is 20.1 Å². The molecule has 7 heteroatoms. The standard InChI is InChI=1S/C14H16N2O4S/c1-8-4-10(13(17)20-8)16-14(21)15-6-9-2-3-11-12(5-9)19-7-18-11/h2-3,5,8,10H,4,6-7H2,1H3,(H2,15,16,21)/t8-,10+/m1/s1. The molecule has 0 aliphatic carbocycles. The quantitative estimate of drug-likeness (QED) is 0.640. The van der Waals surface area contributed by atoms with E-state index in [4.69, 9.17) is 26.4 Å². The van der Waals surface area contributed by atoms with Gasteiger partial charge in [-0.2, -0.15) is 0 Å². The average Bonchev–Trinajstić information content (AvgIpc) is 3.02. The van der Waals surface area contributed by atoms with Crippen LogP contribution in [0.4, 0.5) is 0 Å². The Morgan fingerprint density at radius 2 is 2.19 bits per heavy atom. The number of cyclic esters (lactones) is 1. The number of fused-ring (bicyclic) bond motifs is 1. The van der Waals surface area contributed by atoms with Crippen LogP contribution in [-0.4, -0.2) is 30.0 Å². The number of thiocarbonyl (C=S) groups is 1. The van der Waals surface area contributed by atoms with E-state index in [1.807, 2.05) is 25.1 Å². The molecule has 0 saturated carbocycles. The van der Waals surface area contributed by atoms with Gasteiger partial charge >= 0.3 is 5.97 Å². The molecular weight excluding hydrogens is 292 g/mol. The van der Waals surface area contributed by atoms with Gasteiger partial charge in [-0.15, -0.1) is 0 Å². The van der Waals surface area contributed by atoms with Gasteiger partial charge in [0.1, 0.15) is 12.1 Å². The van der Waals surface area contributed by atoms with Gasteiger partial charge in [-0.1, -0.05) is 6.07 Å². The van der Waals surface area contributed by atoms with Crippen LogP contribution in [0.1, 0.15) is 18.9 Å². The van der Waals surface area contributed by atoms with Crippen LogP contribution in [0.3, 0.4) is 0 Å². The van der Waals surface area contributed by atoms with Crippen molar-refractivity contribution in [3.63, 3.8) is 0 Å². The third-order valence-corrected chi connectivity index (χ3v) is 3.63. The molecule has 1 aromatic carbocycles. The number of carbonyl (C=O) groups excluding carboxylic acids is 1. The fraction of sp³-hybridized carbons (Fsp3) is 0.429. The molecule has 0 aromatic heterocycles. The number of benzene rings is 1. The summed E-state index contributed by atoms with van der Waals surface area (Å²) in [5.41, 5.74) is 1.02. The summed E-state index contributed by atoms with van der Waals surface area (Å²) in [7, 11) is 0. The van der Waals surface area contributed by atoms with Crippen molar-refractivity contribution < 1.29 is 19.0 Å². The van der Waals surface area contributed by atoms with Gasteiger partial charge in [-0.05, 0) is 36.8 Å². The van der Waals surface area contributed by atoms with Gasteiger partial charge in [-0.3, -0.25) is 0 Å². The lowest BCUT2D eigenvalue weighted by molar-refractivity contribution is -0.142. The molecule has 0 bridgehead atoms. The highest BCUT2D eigenvalue weighted by Crippen LogP contribution is 2.32. The van der Waals surface area contributed by atoms with Gasteiger partial charge in [0.15, 0.2) is 16.6 Å². The Bertz CT molecular complexity index is 578. The van der Waals surface area contributed by atoms with E-state index >= 15 is 0 Å².